The molecule has 15 heavy (non-hydrogen) atoms. The molecule has 0 saturated heterocycles. The van der Waals surface area contributed by atoms with Crippen LogP contribution in [0.5, 0.6) is 0 Å². The van der Waals surface area contributed by atoms with Crippen molar-refractivity contribution in [1.29, 1.82) is 0 Å². The molecule has 1 unspecified atom stereocenters. The first-order chi connectivity index (χ1) is 7.31. The zero-order chi connectivity index (χ0) is 10.7. The van der Waals surface area contributed by atoms with Gasteiger partial charge in [-0.15, -0.1) is 0 Å². The molecule has 0 radical (unpaired) electrons. The molecule has 0 aliphatic rings. The summed E-state index contributed by atoms with van der Waals surface area (Å²) in [5.74, 6) is 0.784. The quantitative estimate of drug-likeness (QED) is 0.755. The number of aryl methyl sites for hydroxylation is 1. The van der Waals surface area contributed by atoms with Crippen LogP contribution in [0.15, 0.2) is 18.7 Å². The topological polar surface area (TPSA) is 79.6 Å². The number of aliphatic hydroxyl groups excluding tert-OH is 1. The maximum atomic E-state index is 9.86. The van der Waals surface area contributed by atoms with Crippen molar-refractivity contribution in [3.63, 3.8) is 0 Å². The van der Waals surface area contributed by atoms with Crippen molar-refractivity contribution in [3.05, 3.63) is 30.1 Å². The minimum Gasteiger partial charge on any atom is -0.388 e. The lowest BCUT2D eigenvalue weighted by atomic mass is 10.1. The van der Waals surface area contributed by atoms with Gasteiger partial charge in [0.05, 0.1) is 12.3 Å². The molecule has 2 aromatic rings. The highest BCUT2D eigenvalue weighted by molar-refractivity contribution is 5.08. The van der Waals surface area contributed by atoms with Gasteiger partial charge in [-0.2, -0.15) is 10.2 Å². The molecule has 6 heteroatoms. The number of nitrogens with zero attached hydrogens (tertiary/aromatic N) is 4. The van der Waals surface area contributed by atoms with E-state index >= 15 is 0 Å². The number of rotatable bonds is 4. The highest BCUT2D eigenvalue weighted by atomic mass is 16.3. The van der Waals surface area contributed by atoms with E-state index in [4.69, 9.17) is 0 Å². The molecule has 2 heterocycles. The van der Waals surface area contributed by atoms with E-state index in [-0.39, 0.29) is 0 Å². The van der Waals surface area contributed by atoms with Crippen molar-refractivity contribution < 1.29 is 5.11 Å². The normalized spacial score (nSPS) is 12.9. The van der Waals surface area contributed by atoms with E-state index in [1.54, 1.807) is 17.1 Å². The van der Waals surface area contributed by atoms with Gasteiger partial charge in [0.2, 0.25) is 0 Å². The average molecular weight is 207 g/mol. The summed E-state index contributed by atoms with van der Waals surface area (Å²) >= 11 is 0. The molecule has 0 fully saturated rings. The van der Waals surface area contributed by atoms with Gasteiger partial charge < -0.3 is 5.11 Å². The predicted molar refractivity (Wildman–Crippen MR) is 52.9 cm³/mol. The summed E-state index contributed by atoms with van der Waals surface area (Å²) in [6.07, 6.45) is 4.65. The lowest BCUT2D eigenvalue weighted by molar-refractivity contribution is 0.174. The summed E-state index contributed by atoms with van der Waals surface area (Å²) in [6.45, 7) is 2.75. The van der Waals surface area contributed by atoms with Gasteiger partial charge in [0.25, 0.3) is 0 Å². The van der Waals surface area contributed by atoms with Crippen molar-refractivity contribution in [1.82, 2.24) is 25.0 Å². The summed E-state index contributed by atoms with van der Waals surface area (Å²) in [5, 5.41) is 20.4. The molecule has 1 atom stereocenters. The third kappa shape index (κ3) is 2.04. The molecular formula is C9H13N5O. The number of aromatic nitrogens is 5. The number of hydrogen-bond donors (Lipinski definition) is 2. The predicted octanol–water partition coefficient (Wildman–Crippen LogP) is 0.297. The molecule has 0 amide bonds. The first kappa shape index (κ1) is 9.85. The van der Waals surface area contributed by atoms with E-state index in [2.05, 4.69) is 20.3 Å². The molecule has 0 aliphatic carbocycles. The molecule has 80 valence electrons. The van der Waals surface area contributed by atoms with Crippen LogP contribution in [-0.4, -0.2) is 30.1 Å². The molecule has 2 aromatic heterocycles. The minimum absolute atomic E-state index is 0.452. The van der Waals surface area contributed by atoms with Gasteiger partial charge in [-0.3, -0.25) is 9.78 Å². The van der Waals surface area contributed by atoms with Crippen LogP contribution in [0, 0.1) is 0 Å². The van der Waals surface area contributed by atoms with Crippen molar-refractivity contribution in [2.24, 2.45) is 0 Å². The lowest BCUT2D eigenvalue weighted by Gasteiger charge is -2.07. The molecular weight excluding hydrogens is 194 g/mol. The van der Waals surface area contributed by atoms with E-state index in [0.29, 0.717) is 6.42 Å². The third-order valence-corrected chi connectivity index (χ3v) is 2.28. The zero-order valence-electron chi connectivity index (χ0n) is 8.46. The van der Waals surface area contributed by atoms with E-state index in [9.17, 15) is 5.11 Å². The van der Waals surface area contributed by atoms with Crippen LogP contribution < -0.4 is 0 Å². The van der Waals surface area contributed by atoms with Crippen LogP contribution in [0.25, 0.3) is 0 Å². The standard InChI is InChI=1S/C9H13N5O/c1-2-14-9(10-6-13-14)3-8(15)7-4-11-12-5-7/h4-6,8,15H,2-3H2,1H3,(H,11,12). The summed E-state index contributed by atoms with van der Waals surface area (Å²) < 4.78 is 1.77. The van der Waals surface area contributed by atoms with Crippen molar-refractivity contribution in [2.45, 2.75) is 26.0 Å². The lowest BCUT2D eigenvalue weighted by Crippen LogP contribution is -2.09. The molecule has 0 bridgehead atoms. The fourth-order valence-corrected chi connectivity index (χ4v) is 1.44. The fraction of sp³-hybridized carbons (Fsp3) is 0.444. The van der Waals surface area contributed by atoms with Gasteiger partial charge >= 0.3 is 0 Å². The second kappa shape index (κ2) is 4.22. The van der Waals surface area contributed by atoms with E-state index in [0.717, 1.165) is 17.9 Å². The van der Waals surface area contributed by atoms with Gasteiger partial charge in [0, 0.05) is 24.7 Å². The Kier molecular flexibility index (Phi) is 2.77. The average Bonchev–Trinajstić information content (AvgIpc) is 2.87. The number of aliphatic hydroxyl groups is 1. The van der Waals surface area contributed by atoms with Gasteiger partial charge in [-0.25, -0.2) is 4.98 Å². The van der Waals surface area contributed by atoms with Gasteiger partial charge in [0.15, 0.2) is 0 Å². The SMILES string of the molecule is CCn1ncnc1CC(O)c1cn[nH]c1. The summed E-state index contributed by atoms with van der Waals surface area (Å²) in [6, 6.07) is 0. The Bertz CT molecular complexity index is 408. The van der Waals surface area contributed by atoms with Crippen molar-refractivity contribution in [2.75, 3.05) is 0 Å². The molecule has 2 rings (SSSR count). The largest absolute Gasteiger partial charge is 0.388 e. The second-order valence-electron chi connectivity index (χ2n) is 3.24. The maximum absolute atomic E-state index is 9.86. The van der Waals surface area contributed by atoms with Crippen LogP contribution >= 0.6 is 0 Å². The third-order valence-electron chi connectivity index (χ3n) is 2.28. The van der Waals surface area contributed by atoms with Crippen LogP contribution in [0.4, 0.5) is 0 Å². The second-order valence-corrected chi connectivity index (χ2v) is 3.24. The van der Waals surface area contributed by atoms with Gasteiger partial charge in [-0.1, -0.05) is 0 Å². The van der Waals surface area contributed by atoms with Crippen molar-refractivity contribution in [3.8, 4) is 0 Å². The highest BCUT2D eigenvalue weighted by Crippen LogP contribution is 2.15. The van der Waals surface area contributed by atoms with Crippen LogP contribution in [0.3, 0.4) is 0 Å². The van der Waals surface area contributed by atoms with E-state index in [1.165, 1.54) is 6.33 Å². The van der Waals surface area contributed by atoms with Crippen LogP contribution in [0.2, 0.25) is 0 Å². The summed E-state index contributed by atoms with van der Waals surface area (Å²) in [7, 11) is 0. The number of aromatic amines is 1. The molecule has 0 aromatic carbocycles. The smallest absolute Gasteiger partial charge is 0.138 e. The summed E-state index contributed by atoms with van der Waals surface area (Å²) in [4.78, 5) is 4.10. The fourth-order valence-electron chi connectivity index (χ4n) is 1.44. The number of nitrogens with one attached hydrogen (secondary N) is 1. The minimum atomic E-state index is -0.585. The van der Waals surface area contributed by atoms with Crippen LogP contribution in [0.1, 0.15) is 24.4 Å². The Morgan fingerprint density at radius 2 is 2.47 bits per heavy atom. The Hall–Kier alpha value is -1.69. The number of hydrogen-bond acceptors (Lipinski definition) is 4. The Balaban J connectivity index is 2.09. The first-order valence-electron chi connectivity index (χ1n) is 4.84. The molecule has 2 N–H and O–H groups in total. The molecule has 6 nitrogen and oxygen atoms in total. The van der Waals surface area contributed by atoms with Crippen LogP contribution in [-0.2, 0) is 13.0 Å². The summed E-state index contributed by atoms with van der Waals surface area (Å²) in [5.41, 5.74) is 0.764. The van der Waals surface area contributed by atoms with Crippen molar-refractivity contribution >= 4 is 0 Å². The molecule has 0 saturated carbocycles. The number of H-pyrrole nitrogens is 1. The highest BCUT2D eigenvalue weighted by Gasteiger charge is 2.13. The van der Waals surface area contributed by atoms with Gasteiger partial charge in [0.1, 0.15) is 12.2 Å². The Morgan fingerprint density at radius 1 is 1.60 bits per heavy atom. The monoisotopic (exact) mass is 207 g/mol. The Morgan fingerprint density at radius 3 is 3.13 bits per heavy atom. The van der Waals surface area contributed by atoms with E-state index in [1.807, 2.05) is 6.92 Å². The molecule has 0 aliphatic heterocycles. The zero-order valence-corrected chi connectivity index (χ0v) is 8.46. The van der Waals surface area contributed by atoms with Gasteiger partial charge in [-0.05, 0) is 6.92 Å². The molecule has 0 spiro atoms. The Labute approximate surface area is 87.0 Å². The first-order valence-corrected chi connectivity index (χ1v) is 4.84. The maximum Gasteiger partial charge on any atom is 0.138 e. The van der Waals surface area contributed by atoms with E-state index < -0.39 is 6.10 Å².